The van der Waals surface area contributed by atoms with Crippen molar-refractivity contribution in [2.24, 2.45) is 5.92 Å². The molecule has 2 aromatic rings. The number of rotatable bonds is 5. The lowest BCUT2D eigenvalue weighted by Crippen LogP contribution is -2.44. The van der Waals surface area contributed by atoms with Gasteiger partial charge in [-0.2, -0.15) is 0 Å². The molecule has 2 aromatic heterocycles. The van der Waals surface area contributed by atoms with Crippen LogP contribution in [0, 0.1) is 5.92 Å². The molecule has 21 heavy (non-hydrogen) atoms. The van der Waals surface area contributed by atoms with E-state index in [0.29, 0.717) is 12.3 Å². The molecule has 1 amide bonds. The lowest BCUT2D eigenvalue weighted by Gasteiger charge is -2.30. The zero-order valence-corrected chi connectivity index (χ0v) is 14.2. The van der Waals surface area contributed by atoms with Crippen molar-refractivity contribution in [2.75, 3.05) is 0 Å². The van der Waals surface area contributed by atoms with Gasteiger partial charge in [0.05, 0.1) is 0 Å². The van der Waals surface area contributed by atoms with E-state index in [1.807, 2.05) is 11.3 Å². The van der Waals surface area contributed by atoms with Crippen molar-refractivity contribution in [2.45, 2.75) is 45.1 Å². The van der Waals surface area contributed by atoms with E-state index in [4.69, 9.17) is 0 Å². The molecular formula is C17H21NOS2. The minimum atomic E-state index is -0.0250. The van der Waals surface area contributed by atoms with Crippen molar-refractivity contribution in [3.63, 3.8) is 0 Å². The van der Waals surface area contributed by atoms with E-state index < -0.39 is 0 Å². The molecule has 1 unspecified atom stereocenters. The Kier molecular flexibility index (Phi) is 4.18. The maximum Gasteiger partial charge on any atom is 0.220 e. The second-order valence-corrected chi connectivity index (χ2v) is 8.33. The van der Waals surface area contributed by atoms with Gasteiger partial charge in [-0.3, -0.25) is 4.79 Å². The molecule has 0 radical (unpaired) electrons. The van der Waals surface area contributed by atoms with E-state index in [0.717, 1.165) is 19.3 Å². The fourth-order valence-electron chi connectivity index (χ4n) is 3.29. The van der Waals surface area contributed by atoms with Gasteiger partial charge in [0, 0.05) is 33.7 Å². The maximum atomic E-state index is 11.7. The molecule has 0 bridgehead atoms. The van der Waals surface area contributed by atoms with Crippen LogP contribution in [-0.2, 0) is 11.2 Å². The number of carbonyl (C=O) groups excluding carboxylic acids is 1. The van der Waals surface area contributed by atoms with E-state index in [2.05, 4.69) is 48.1 Å². The molecule has 1 aliphatic heterocycles. The summed E-state index contributed by atoms with van der Waals surface area (Å²) >= 11 is 3.60. The van der Waals surface area contributed by atoms with Gasteiger partial charge in [0.15, 0.2) is 0 Å². The molecular weight excluding hydrogens is 298 g/mol. The number of thiophene rings is 2. The zero-order valence-electron chi connectivity index (χ0n) is 12.5. The first kappa shape index (κ1) is 14.8. The van der Waals surface area contributed by atoms with Crippen LogP contribution in [0.3, 0.4) is 0 Å². The average Bonchev–Trinajstić information content (AvgIpc) is 3.10. The van der Waals surface area contributed by atoms with Crippen molar-refractivity contribution >= 4 is 28.6 Å². The summed E-state index contributed by atoms with van der Waals surface area (Å²) in [4.78, 5) is 14.4. The van der Waals surface area contributed by atoms with Gasteiger partial charge >= 0.3 is 0 Å². The Hall–Kier alpha value is -1.13. The Morgan fingerprint density at radius 3 is 2.86 bits per heavy atom. The van der Waals surface area contributed by atoms with Gasteiger partial charge in [-0.25, -0.2) is 0 Å². The van der Waals surface area contributed by atoms with Gasteiger partial charge in [0.25, 0.3) is 0 Å². The number of nitrogens with one attached hydrogen (secondary N) is 1. The van der Waals surface area contributed by atoms with E-state index in [1.54, 1.807) is 11.3 Å². The van der Waals surface area contributed by atoms with Crippen LogP contribution in [0.2, 0.25) is 0 Å². The molecule has 0 spiro atoms. The number of amides is 1. The Labute approximate surface area is 134 Å². The summed E-state index contributed by atoms with van der Waals surface area (Å²) in [5.74, 6) is 0.811. The molecule has 1 fully saturated rings. The first-order valence-corrected chi connectivity index (χ1v) is 9.25. The quantitative estimate of drug-likeness (QED) is 0.849. The third kappa shape index (κ3) is 3.38. The van der Waals surface area contributed by atoms with Crippen LogP contribution in [0.25, 0.3) is 10.4 Å². The van der Waals surface area contributed by atoms with Gasteiger partial charge in [0.2, 0.25) is 5.91 Å². The second-order valence-electron chi connectivity index (χ2n) is 6.38. The normalized spacial score (nSPS) is 22.0. The standard InChI is InChI=1S/C17H21NOS2/c1-12(2)9-17(6-5-16(19)18-17)10-14-8-13(11-21-14)15-4-3-7-20-15/h3-4,7-8,11-12H,5-6,9-10H2,1-2H3,(H,18,19). The number of hydrogen-bond acceptors (Lipinski definition) is 3. The molecule has 2 nitrogen and oxygen atoms in total. The van der Waals surface area contributed by atoms with Crippen LogP contribution in [0.4, 0.5) is 0 Å². The SMILES string of the molecule is CC(C)CC1(Cc2cc(-c3cccs3)cs2)CCC(=O)N1. The third-order valence-electron chi connectivity index (χ3n) is 4.01. The van der Waals surface area contributed by atoms with Crippen molar-refractivity contribution in [1.82, 2.24) is 5.32 Å². The van der Waals surface area contributed by atoms with E-state index >= 15 is 0 Å². The summed E-state index contributed by atoms with van der Waals surface area (Å²) < 4.78 is 0. The third-order valence-corrected chi connectivity index (χ3v) is 5.86. The highest BCUT2D eigenvalue weighted by molar-refractivity contribution is 7.14. The van der Waals surface area contributed by atoms with Crippen LogP contribution >= 0.6 is 22.7 Å². The predicted molar refractivity (Wildman–Crippen MR) is 90.9 cm³/mol. The summed E-state index contributed by atoms with van der Waals surface area (Å²) in [6, 6.07) is 6.55. The van der Waals surface area contributed by atoms with Gasteiger partial charge in [-0.15, -0.1) is 22.7 Å². The second kappa shape index (κ2) is 5.93. The number of hydrogen-bond donors (Lipinski definition) is 1. The molecule has 0 saturated carbocycles. The summed E-state index contributed by atoms with van der Waals surface area (Å²) in [6.07, 6.45) is 3.67. The molecule has 1 N–H and O–H groups in total. The highest BCUT2D eigenvalue weighted by Gasteiger charge is 2.38. The summed E-state index contributed by atoms with van der Waals surface area (Å²) in [6.45, 7) is 4.47. The van der Waals surface area contributed by atoms with Crippen LogP contribution < -0.4 is 5.32 Å². The molecule has 1 atom stereocenters. The molecule has 1 aliphatic rings. The molecule has 0 aromatic carbocycles. The van der Waals surface area contributed by atoms with E-state index in [9.17, 15) is 4.79 Å². The largest absolute Gasteiger partial charge is 0.350 e. The smallest absolute Gasteiger partial charge is 0.220 e. The summed E-state index contributed by atoms with van der Waals surface area (Å²) in [5.41, 5.74) is 1.29. The zero-order chi connectivity index (χ0) is 14.9. The molecule has 3 heterocycles. The topological polar surface area (TPSA) is 29.1 Å². The van der Waals surface area contributed by atoms with Gasteiger partial charge in [-0.05, 0) is 41.7 Å². The highest BCUT2D eigenvalue weighted by atomic mass is 32.1. The Bertz CT molecular complexity index is 615. The van der Waals surface area contributed by atoms with Gasteiger partial charge < -0.3 is 5.32 Å². The summed E-state index contributed by atoms with van der Waals surface area (Å²) in [7, 11) is 0. The fraction of sp³-hybridized carbons (Fsp3) is 0.471. The van der Waals surface area contributed by atoms with Crippen LogP contribution in [0.15, 0.2) is 29.0 Å². The van der Waals surface area contributed by atoms with Crippen LogP contribution in [-0.4, -0.2) is 11.4 Å². The molecule has 4 heteroatoms. The lowest BCUT2D eigenvalue weighted by molar-refractivity contribution is -0.119. The van der Waals surface area contributed by atoms with Gasteiger partial charge in [0.1, 0.15) is 0 Å². The van der Waals surface area contributed by atoms with Crippen LogP contribution in [0.1, 0.15) is 38.0 Å². The Morgan fingerprint density at radius 2 is 2.24 bits per heavy atom. The molecule has 3 rings (SSSR count). The molecule has 112 valence electrons. The fourth-order valence-corrected chi connectivity index (χ4v) is 5.11. The van der Waals surface area contributed by atoms with Crippen molar-refractivity contribution in [1.29, 1.82) is 0 Å². The maximum absolute atomic E-state index is 11.7. The molecule has 1 saturated heterocycles. The predicted octanol–water partition coefficient (Wildman–Crippen LogP) is 4.71. The highest BCUT2D eigenvalue weighted by Crippen LogP contribution is 2.35. The van der Waals surface area contributed by atoms with Crippen molar-refractivity contribution < 1.29 is 4.79 Å². The summed E-state index contributed by atoms with van der Waals surface area (Å²) in [5, 5.41) is 7.61. The Balaban J connectivity index is 1.79. The van der Waals surface area contributed by atoms with Crippen molar-refractivity contribution in [3.8, 4) is 10.4 Å². The minimum absolute atomic E-state index is 0.0250. The van der Waals surface area contributed by atoms with E-state index in [-0.39, 0.29) is 11.4 Å². The monoisotopic (exact) mass is 319 g/mol. The Morgan fingerprint density at radius 1 is 1.38 bits per heavy atom. The van der Waals surface area contributed by atoms with Crippen LogP contribution in [0.5, 0.6) is 0 Å². The number of carbonyl (C=O) groups is 1. The van der Waals surface area contributed by atoms with Gasteiger partial charge in [-0.1, -0.05) is 19.9 Å². The first-order valence-electron chi connectivity index (χ1n) is 7.49. The van der Waals surface area contributed by atoms with E-state index in [1.165, 1.54) is 15.3 Å². The average molecular weight is 319 g/mol. The minimum Gasteiger partial charge on any atom is -0.350 e. The van der Waals surface area contributed by atoms with Crippen molar-refractivity contribution in [3.05, 3.63) is 33.8 Å². The molecule has 0 aliphatic carbocycles. The lowest BCUT2D eigenvalue weighted by atomic mass is 9.84. The first-order chi connectivity index (χ1) is 10.1.